The largest absolute Gasteiger partial charge is 0.344 e. The van der Waals surface area contributed by atoms with Crippen LogP contribution in [0.25, 0.3) is 0 Å². The van der Waals surface area contributed by atoms with Crippen molar-refractivity contribution in [2.75, 3.05) is 20.1 Å². The molecule has 0 bridgehead atoms. The maximum atomic E-state index is 12.3. The molecular weight excluding hydrogens is 248 g/mol. The fourth-order valence-corrected chi connectivity index (χ4v) is 2.84. The molecule has 1 fully saturated rings. The van der Waals surface area contributed by atoms with Crippen molar-refractivity contribution in [3.63, 3.8) is 0 Å². The number of nitrogens with zero attached hydrogens (tertiary/aromatic N) is 1. The van der Waals surface area contributed by atoms with E-state index in [1.165, 1.54) is 5.56 Å². The molecule has 110 valence electrons. The molecular formula is C17H26N2O. The number of benzene rings is 1. The molecule has 0 spiro atoms. The van der Waals surface area contributed by atoms with E-state index < -0.39 is 0 Å². The minimum Gasteiger partial charge on any atom is -0.344 e. The lowest BCUT2D eigenvalue weighted by Gasteiger charge is -2.23. The quantitative estimate of drug-likeness (QED) is 0.808. The minimum atomic E-state index is 0.0362. The van der Waals surface area contributed by atoms with Gasteiger partial charge in [-0.1, -0.05) is 37.3 Å². The molecule has 3 nitrogen and oxygen atoms in total. The Morgan fingerprint density at radius 3 is 2.70 bits per heavy atom. The first-order valence-corrected chi connectivity index (χ1v) is 7.71. The highest BCUT2D eigenvalue weighted by Gasteiger charge is 2.30. The Balaban J connectivity index is 1.67. The smallest absolute Gasteiger partial charge is 0.239 e. The second kappa shape index (κ2) is 7.44. The van der Waals surface area contributed by atoms with Gasteiger partial charge in [-0.3, -0.25) is 4.79 Å². The van der Waals surface area contributed by atoms with E-state index in [-0.39, 0.29) is 11.9 Å². The van der Waals surface area contributed by atoms with Crippen LogP contribution in [0.3, 0.4) is 0 Å². The monoisotopic (exact) mass is 274 g/mol. The topological polar surface area (TPSA) is 32.3 Å². The number of aryl methyl sites for hydroxylation is 1. The number of hydrogen-bond donors (Lipinski definition) is 1. The molecule has 3 heteroatoms. The van der Waals surface area contributed by atoms with E-state index in [0.717, 1.165) is 38.8 Å². The number of amides is 1. The van der Waals surface area contributed by atoms with E-state index in [4.69, 9.17) is 0 Å². The summed E-state index contributed by atoms with van der Waals surface area (Å²) < 4.78 is 0. The van der Waals surface area contributed by atoms with Crippen molar-refractivity contribution in [1.82, 2.24) is 10.2 Å². The number of unbranched alkanes of at least 4 members (excludes halogenated alkanes) is 1. The number of carbonyl (C=O) groups is 1. The molecule has 0 aliphatic carbocycles. The number of likely N-dealkylation sites (N-methyl/N-ethyl adjacent to an activating group) is 1. The zero-order valence-electron chi connectivity index (χ0n) is 12.6. The molecule has 1 heterocycles. The van der Waals surface area contributed by atoms with Crippen LogP contribution in [0.5, 0.6) is 0 Å². The van der Waals surface area contributed by atoms with Gasteiger partial charge in [0.1, 0.15) is 0 Å². The normalized spacial score (nSPS) is 21.9. The number of hydrogen-bond acceptors (Lipinski definition) is 2. The highest BCUT2D eigenvalue weighted by Crippen LogP contribution is 2.16. The van der Waals surface area contributed by atoms with Gasteiger partial charge in [0.15, 0.2) is 0 Å². The van der Waals surface area contributed by atoms with Gasteiger partial charge in [-0.25, -0.2) is 0 Å². The molecule has 1 aliphatic heterocycles. The highest BCUT2D eigenvalue weighted by atomic mass is 16.2. The Kier molecular flexibility index (Phi) is 5.60. The number of rotatable bonds is 6. The third-order valence-electron chi connectivity index (χ3n) is 4.23. The number of carbonyl (C=O) groups excluding carboxylic acids is 1. The second-order valence-corrected chi connectivity index (χ2v) is 5.90. The molecule has 2 rings (SSSR count). The lowest BCUT2D eigenvalue weighted by atomic mass is 10.0. The van der Waals surface area contributed by atoms with E-state index in [9.17, 15) is 4.79 Å². The van der Waals surface area contributed by atoms with Gasteiger partial charge >= 0.3 is 0 Å². The van der Waals surface area contributed by atoms with Crippen molar-refractivity contribution in [1.29, 1.82) is 0 Å². The predicted octanol–water partition coefficient (Wildman–Crippen LogP) is 2.47. The average molecular weight is 274 g/mol. The molecule has 1 saturated heterocycles. The summed E-state index contributed by atoms with van der Waals surface area (Å²) >= 11 is 0. The summed E-state index contributed by atoms with van der Waals surface area (Å²) in [5.41, 5.74) is 1.38. The van der Waals surface area contributed by atoms with Crippen LogP contribution < -0.4 is 5.32 Å². The first-order chi connectivity index (χ1) is 9.68. The van der Waals surface area contributed by atoms with Crippen molar-refractivity contribution < 1.29 is 4.79 Å². The Morgan fingerprint density at radius 2 is 2.05 bits per heavy atom. The van der Waals surface area contributed by atoms with Crippen LogP contribution >= 0.6 is 0 Å². The number of nitrogens with one attached hydrogen (secondary N) is 1. The van der Waals surface area contributed by atoms with E-state index in [0.29, 0.717) is 5.92 Å². The van der Waals surface area contributed by atoms with Gasteiger partial charge in [0.05, 0.1) is 6.04 Å². The van der Waals surface area contributed by atoms with E-state index >= 15 is 0 Å². The molecule has 1 aromatic carbocycles. The molecule has 1 amide bonds. The zero-order chi connectivity index (χ0) is 14.4. The predicted molar refractivity (Wildman–Crippen MR) is 82.6 cm³/mol. The van der Waals surface area contributed by atoms with Gasteiger partial charge in [-0.05, 0) is 43.7 Å². The Morgan fingerprint density at radius 1 is 1.30 bits per heavy atom. The van der Waals surface area contributed by atoms with Crippen molar-refractivity contribution in [2.45, 2.75) is 38.6 Å². The highest BCUT2D eigenvalue weighted by molar-refractivity contribution is 5.82. The van der Waals surface area contributed by atoms with Crippen LogP contribution in [0.1, 0.15) is 31.7 Å². The van der Waals surface area contributed by atoms with Crippen LogP contribution in [0.15, 0.2) is 30.3 Å². The van der Waals surface area contributed by atoms with Crippen molar-refractivity contribution in [3.05, 3.63) is 35.9 Å². The van der Waals surface area contributed by atoms with Crippen LogP contribution in [-0.4, -0.2) is 37.0 Å². The molecule has 0 aromatic heterocycles. The summed E-state index contributed by atoms with van der Waals surface area (Å²) in [5, 5.41) is 3.31. The summed E-state index contributed by atoms with van der Waals surface area (Å²) in [7, 11) is 1.93. The van der Waals surface area contributed by atoms with E-state index in [2.05, 4.69) is 36.5 Å². The Hall–Kier alpha value is -1.35. The molecule has 0 saturated carbocycles. The van der Waals surface area contributed by atoms with Gasteiger partial charge < -0.3 is 10.2 Å². The molecule has 20 heavy (non-hydrogen) atoms. The standard InChI is InChI=1S/C17H26N2O/c1-14-11-12-18-16(14)17(20)19(2)13-7-6-10-15-8-4-3-5-9-15/h3-5,8-9,14,16,18H,6-7,10-13H2,1-2H3. The second-order valence-electron chi connectivity index (χ2n) is 5.90. The van der Waals surface area contributed by atoms with Crippen LogP contribution in [0, 0.1) is 5.92 Å². The van der Waals surface area contributed by atoms with E-state index in [1.54, 1.807) is 0 Å². The lowest BCUT2D eigenvalue weighted by Crippen LogP contribution is -2.44. The van der Waals surface area contributed by atoms with Crippen molar-refractivity contribution in [2.24, 2.45) is 5.92 Å². The van der Waals surface area contributed by atoms with Crippen LogP contribution in [0.2, 0.25) is 0 Å². The zero-order valence-corrected chi connectivity index (χ0v) is 12.6. The summed E-state index contributed by atoms with van der Waals surface area (Å²) in [5.74, 6) is 0.726. The molecule has 1 N–H and O–H groups in total. The summed E-state index contributed by atoms with van der Waals surface area (Å²) in [6.07, 6.45) is 4.41. The third kappa shape index (κ3) is 4.07. The SMILES string of the molecule is CC1CCNC1C(=O)N(C)CCCCc1ccccc1. The van der Waals surface area contributed by atoms with Gasteiger partial charge in [0.2, 0.25) is 5.91 Å². The van der Waals surface area contributed by atoms with Crippen molar-refractivity contribution in [3.8, 4) is 0 Å². The first kappa shape index (κ1) is 15.0. The Bertz CT molecular complexity index is 418. The Labute approximate surface area is 122 Å². The van der Waals surface area contributed by atoms with Crippen LogP contribution in [-0.2, 0) is 11.2 Å². The molecule has 2 unspecified atom stereocenters. The summed E-state index contributed by atoms with van der Waals surface area (Å²) in [6.45, 7) is 3.99. The molecule has 2 atom stereocenters. The minimum absolute atomic E-state index is 0.0362. The fourth-order valence-electron chi connectivity index (χ4n) is 2.84. The first-order valence-electron chi connectivity index (χ1n) is 7.71. The maximum absolute atomic E-state index is 12.3. The average Bonchev–Trinajstić information content (AvgIpc) is 2.90. The summed E-state index contributed by atoms with van der Waals surface area (Å²) in [6, 6.07) is 10.6. The van der Waals surface area contributed by atoms with Gasteiger partial charge in [0.25, 0.3) is 0 Å². The van der Waals surface area contributed by atoms with Crippen LogP contribution in [0.4, 0.5) is 0 Å². The van der Waals surface area contributed by atoms with Gasteiger partial charge in [-0.2, -0.15) is 0 Å². The molecule has 0 radical (unpaired) electrons. The molecule has 1 aromatic rings. The van der Waals surface area contributed by atoms with Gasteiger partial charge in [-0.15, -0.1) is 0 Å². The van der Waals surface area contributed by atoms with Gasteiger partial charge in [0, 0.05) is 13.6 Å². The summed E-state index contributed by atoms with van der Waals surface area (Å²) in [4.78, 5) is 14.2. The lowest BCUT2D eigenvalue weighted by molar-refractivity contribution is -0.132. The third-order valence-corrected chi connectivity index (χ3v) is 4.23. The fraction of sp³-hybridized carbons (Fsp3) is 0.588. The maximum Gasteiger partial charge on any atom is 0.239 e. The van der Waals surface area contributed by atoms with Crippen molar-refractivity contribution >= 4 is 5.91 Å². The van der Waals surface area contributed by atoms with E-state index in [1.807, 2.05) is 18.0 Å². The molecule has 1 aliphatic rings.